The van der Waals surface area contributed by atoms with Gasteiger partial charge < -0.3 is 14.4 Å². The van der Waals surface area contributed by atoms with E-state index in [0.29, 0.717) is 34.7 Å². The van der Waals surface area contributed by atoms with Crippen LogP contribution in [-0.4, -0.2) is 50.7 Å². The number of hydrogen-bond donors (Lipinski definition) is 0. The average molecular weight is 454 g/mol. The van der Waals surface area contributed by atoms with Gasteiger partial charge in [0, 0.05) is 26.1 Å². The van der Waals surface area contributed by atoms with Crippen LogP contribution in [0.15, 0.2) is 12.1 Å². The molecule has 0 aliphatic heterocycles. The van der Waals surface area contributed by atoms with E-state index in [9.17, 15) is 4.79 Å². The second-order valence-electron chi connectivity index (χ2n) is 10.4. The summed E-state index contributed by atoms with van der Waals surface area (Å²) in [5.41, 5.74) is 3.32. The Kier molecular flexibility index (Phi) is 5.79. The summed E-state index contributed by atoms with van der Waals surface area (Å²) in [4.78, 5) is 18.8. The fourth-order valence-corrected chi connectivity index (χ4v) is 5.27. The molecule has 0 saturated heterocycles. The molecule has 3 fully saturated rings. The van der Waals surface area contributed by atoms with Crippen molar-refractivity contribution in [2.24, 2.45) is 24.3 Å². The number of rotatable bonds is 7. The lowest BCUT2D eigenvalue weighted by molar-refractivity contribution is 0.101. The molecule has 8 heteroatoms. The molecule has 178 valence electrons. The highest BCUT2D eigenvalue weighted by Crippen LogP contribution is 2.58. The molecule has 0 radical (unpaired) electrons. The molecule has 8 nitrogen and oxygen atoms in total. The van der Waals surface area contributed by atoms with E-state index in [2.05, 4.69) is 17.2 Å². The number of amides is 1. The fourth-order valence-electron chi connectivity index (χ4n) is 5.27. The summed E-state index contributed by atoms with van der Waals surface area (Å²) in [5.74, 6) is 2.13. The van der Waals surface area contributed by atoms with Gasteiger partial charge in [-0.1, -0.05) is 31.4 Å². The lowest BCUT2D eigenvalue weighted by Gasteiger charge is -2.22. The van der Waals surface area contributed by atoms with Gasteiger partial charge in [-0.3, -0.25) is 0 Å². The van der Waals surface area contributed by atoms with Gasteiger partial charge in [-0.15, -0.1) is 5.10 Å². The van der Waals surface area contributed by atoms with E-state index in [4.69, 9.17) is 14.5 Å². The van der Waals surface area contributed by atoms with Crippen molar-refractivity contribution in [2.45, 2.75) is 71.5 Å². The Morgan fingerprint density at radius 2 is 2.03 bits per heavy atom. The third kappa shape index (κ3) is 4.57. The van der Waals surface area contributed by atoms with Crippen molar-refractivity contribution in [3.05, 3.63) is 23.5 Å². The first kappa shape index (κ1) is 22.2. The molecule has 3 aliphatic rings. The lowest BCUT2D eigenvalue weighted by Crippen LogP contribution is -2.29. The molecule has 3 aliphatic carbocycles. The number of hydrogen-bond acceptors (Lipinski definition) is 6. The van der Waals surface area contributed by atoms with Gasteiger partial charge in [-0.2, -0.15) is 0 Å². The average Bonchev–Trinajstić information content (AvgIpc) is 3.63. The highest BCUT2D eigenvalue weighted by atomic mass is 16.6. The maximum atomic E-state index is 12.4. The Morgan fingerprint density at radius 1 is 1.27 bits per heavy atom. The number of aromatic nitrogens is 4. The van der Waals surface area contributed by atoms with Crippen molar-refractivity contribution in [1.82, 2.24) is 24.9 Å². The highest BCUT2D eigenvalue weighted by molar-refractivity contribution is 5.67. The van der Waals surface area contributed by atoms with Crippen molar-refractivity contribution < 1.29 is 14.3 Å². The lowest BCUT2D eigenvalue weighted by atomic mass is 9.86. The van der Waals surface area contributed by atoms with Crippen LogP contribution in [0.25, 0.3) is 11.4 Å². The van der Waals surface area contributed by atoms with Crippen molar-refractivity contribution >= 4 is 6.09 Å². The number of aryl methyl sites for hydroxylation is 2. The number of pyridine rings is 1. The first-order valence-corrected chi connectivity index (χ1v) is 12.3. The van der Waals surface area contributed by atoms with E-state index in [1.165, 1.54) is 44.9 Å². The smallest absolute Gasteiger partial charge is 0.409 e. The van der Waals surface area contributed by atoms with Crippen molar-refractivity contribution in [2.75, 3.05) is 13.6 Å². The van der Waals surface area contributed by atoms with Gasteiger partial charge in [0.1, 0.15) is 29.8 Å². The third-order valence-corrected chi connectivity index (χ3v) is 7.88. The third-order valence-electron chi connectivity index (χ3n) is 7.88. The van der Waals surface area contributed by atoms with E-state index in [0.717, 1.165) is 23.7 Å². The topological polar surface area (TPSA) is 82.4 Å². The van der Waals surface area contributed by atoms with Crippen molar-refractivity contribution in [1.29, 1.82) is 0 Å². The summed E-state index contributed by atoms with van der Waals surface area (Å²) in [7, 11) is 3.59. The van der Waals surface area contributed by atoms with E-state index in [1.54, 1.807) is 23.7 Å². The van der Waals surface area contributed by atoms with E-state index < -0.39 is 0 Å². The Labute approximate surface area is 195 Å². The molecule has 33 heavy (non-hydrogen) atoms. The normalized spacial score (nSPS) is 25.0. The molecule has 3 unspecified atom stereocenters. The summed E-state index contributed by atoms with van der Waals surface area (Å²) >= 11 is 0. The van der Waals surface area contributed by atoms with Gasteiger partial charge in [0.2, 0.25) is 0 Å². The molecule has 5 rings (SSSR count). The second-order valence-corrected chi connectivity index (χ2v) is 10.4. The Hall–Kier alpha value is -2.64. The fraction of sp³-hybridized carbons (Fsp3) is 0.680. The van der Waals surface area contributed by atoms with Crippen LogP contribution < -0.4 is 4.74 Å². The Balaban J connectivity index is 1.23. The number of carbonyl (C=O) groups excluding carboxylic acids is 1. The summed E-state index contributed by atoms with van der Waals surface area (Å²) in [6.45, 7) is 5.02. The minimum Gasteiger partial charge on any atom is -0.488 e. The zero-order valence-electron chi connectivity index (χ0n) is 20.2. The molecule has 1 amide bonds. The highest BCUT2D eigenvalue weighted by Gasteiger charge is 2.56. The van der Waals surface area contributed by atoms with Gasteiger partial charge in [0.25, 0.3) is 0 Å². The zero-order valence-corrected chi connectivity index (χ0v) is 20.2. The van der Waals surface area contributed by atoms with E-state index in [-0.39, 0.29) is 12.7 Å². The van der Waals surface area contributed by atoms with Gasteiger partial charge in [-0.25, -0.2) is 14.5 Å². The standard InChI is InChI=1S/C25H35N5O3/c1-16-12-18(16)14-29(3)24(31)32-15-20-23(27-28-30(20)4)19-8-9-21(17(2)26-19)33-22-13-25(22)10-6-5-7-11-25/h8-9,16,18,22H,5-7,10-15H2,1-4H3. The molecular weight excluding hydrogens is 418 g/mol. The molecule has 2 aromatic heterocycles. The van der Waals surface area contributed by atoms with Crippen LogP contribution in [0.5, 0.6) is 5.75 Å². The molecule has 2 heterocycles. The first-order valence-electron chi connectivity index (χ1n) is 12.3. The van der Waals surface area contributed by atoms with Crippen molar-refractivity contribution in [3.63, 3.8) is 0 Å². The zero-order chi connectivity index (χ0) is 23.2. The van der Waals surface area contributed by atoms with Crippen LogP contribution in [0.4, 0.5) is 4.79 Å². The van der Waals surface area contributed by atoms with Crippen LogP contribution in [0.3, 0.4) is 0 Å². The molecule has 1 spiro atoms. The van der Waals surface area contributed by atoms with Gasteiger partial charge in [-0.05, 0) is 56.6 Å². The first-order chi connectivity index (χ1) is 15.9. The monoisotopic (exact) mass is 453 g/mol. The van der Waals surface area contributed by atoms with Crippen LogP contribution >= 0.6 is 0 Å². The molecule has 0 aromatic carbocycles. The van der Waals surface area contributed by atoms with Crippen LogP contribution in [0.2, 0.25) is 0 Å². The predicted molar refractivity (Wildman–Crippen MR) is 124 cm³/mol. The number of nitrogens with zero attached hydrogens (tertiary/aromatic N) is 5. The van der Waals surface area contributed by atoms with Gasteiger partial charge >= 0.3 is 6.09 Å². The van der Waals surface area contributed by atoms with Crippen LogP contribution in [0.1, 0.15) is 63.3 Å². The maximum absolute atomic E-state index is 12.4. The number of ether oxygens (including phenoxy) is 2. The summed E-state index contributed by atoms with van der Waals surface area (Å²) in [6.07, 6.45) is 8.94. The minimum absolute atomic E-state index is 0.103. The summed E-state index contributed by atoms with van der Waals surface area (Å²) in [5, 5.41) is 8.44. The quantitative estimate of drug-likeness (QED) is 0.613. The van der Waals surface area contributed by atoms with E-state index >= 15 is 0 Å². The number of carbonyl (C=O) groups is 1. The molecule has 0 bridgehead atoms. The maximum Gasteiger partial charge on any atom is 0.409 e. The molecule has 3 saturated carbocycles. The summed E-state index contributed by atoms with van der Waals surface area (Å²) in [6, 6.07) is 3.91. The van der Waals surface area contributed by atoms with Gasteiger partial charge in [0.05, 0.1) is 11.4 Å². The van der Waals surface area contributed by atoms with Crippen molar-refractivity contribution in [3.8, 4) is 17.1 Å². The van der Waals surface area contributed by atoms with E-state index in [1.807, 2.05) is 19.1 Å². The molecule has 3 atom stereocenters. The predicted octanol–water partition coefficient (Wildman–Crippen LogP) is 4.51. The molecular formula is C25H35N5O3. The summed E-state index contributed by atoms with van der Waals surface area (Å²) < 4.78 is 13.6. The molecule has 0 N–H and O–H groups in total. The van der Waals surface area contributed by atoms with Crippen LogP contribution in [-0.2, 0) is 18.4 Å². The molecule has 2 aromatic rings. The Bertz CT molecular complexity index is 1030. The SMILES string of the molecule is Cc1nc(-c2nnn(C)c2COC(=O)N(C)CC2CC2C)ccc1OC1CC12CCCCC2. The van der Waals surface area contributed by atoms with Crippen LogP contribution in [0, 0.1) is 24.2 Å². The van der Waals surface area contributed by atoms with Gasteiger partial charge in [0.15, 0.2) is 0 Å². The minimum atomic E-state index is -0.324. The Morgan fingerprint density at radius 3 is 2.73 bits per heavy atom. The largest absolute Gasteiger partial charge is 0.488 e. The second kappa shape index (κ2) is 8.61.